The summed E-state index contributed by atoms with van der Waals surface area (Å²) in [6, 6.07) is 9.72. The summed E-state index contributed by atoms with van der Waals surface area (Å²) < 4.78 is 78.4. The third kappa shape index (κ3) is 5.82. The van der Waals surface area contributed by atoms with Gasteiger partial charge in [-0.25, -0.2) is 12.8 Å². The number of sulfonamides is 1. The average Bonchev–Trinajstić information content (AvgIpc) is 2.73. The molecule has 0 atom stereocenters. The van der Waals surface area contributed by atoms with E-state index in [1.807, 2.05) is 0 Å². The third-order valence-electron chi connectivity index (χ3n) is 5.23. The van der Waals surface area contributed by atoms with Crippen molar-refractivity contribution >= 4 is 15.9 Å². The zero-order chi connectivity index (χ0) is 22.6. The first-order valence-corrected chi connectivity index (χ1v) is 11.2. The number of amides is 1. The number of nitrogens with zero attached hydrogens (tertiary/aromatic N) is 1. The molecule has 1 fully saturated rings. The SMILES string of the molecule is O=C(NCCc1cccc(F)c1)C1CCN(S(=O)(=O)c2cccc(C(F)(F)F)c2)CC1. The van der Waals surface area contributed by atoms with E-state index in [4.69, 9.17) is 0 Å². The van der Waals surface area contributed by atoms with Gasteiger partial charge in [-0.3, -0.25) is 4.79 Å². The van der Waals surface area contributed by atoms with E-state index in [0.717, 1.165) is 28.1 Å². The van der Waals surface area contributed by atoms with Gasteiger partial charge >= 0.3 is 6.18 Å². The number of nitrogens with one attached hydrogen (secondary N) is 1. The zero-order valence-electron chi connectivity index (χ0n) is 16.5. The van der Waals surface area contributed by atoms with Crippen molar-refractivity contribution in [3.05, 3.63) is 65.5 Å². The Morgan fingerprint density at radius 1 is 1.06 bits per heavy atom. The highest BCUT2D eigenvalue weighted by atomic mass is 32.2. The Morgan fingerprint density at radius 3 is 2.39 bits per heavy atom. The molecule has 2 aromatic rings. The third-order valence-corrected chi connectivity index (χ3v) is 7.12. The molecule has 5 nitrogen and oxygen atoms in total. The van der Waals surface area contributed by atoms with Crippen LogP contribution in [-0.2, 0) is 27.4 Å². The first-order valence-electron chi connectivity index (χ1n) is 9.77. The molecule has 0 aliphatic carbocycles. The second kappa shape index (κ2) is 9.35. The van der Waals surface area contributed by atoms with Crippen LogP contribution in [0.2, 0.25) is 0 Å². The van der Waals surface area contributed by atoms with Crippen molar-refractivity contribution in [3.63, 3.8) is 0 Å². The van der Waals surface area contributed by atoms with E-state index in [1.54, 1.807) is 12.1 Å². The number of carbonyl (C=O) groups excluding carboxylic acids is 1. The van der Waals surface area contributed by atoms with Gasteiger partial charge in [0.15, 0.2) is 0 Å². The quantitative estimate of drug-likeness (QED) is 0.673. The predicted molar refractivity (Wildman–Crippen MR) is 106 cm³/mol. The number of halogens is 4. The van der Waals surface area contributed by atoms with Gasteiger partial charge in [0.2, 0.25) is 15.9 Å². The minimum atomic E-state index is -4.64. The van der Waals surface area contributed by atoms with Crippen LogP contribution in [0.1, 0.15) is 24.0 Å². The van der Waals surface area contributed by atoms with E-state index in [1.165, 1.54) is 12.1 Å². The zero-order valence-corrected chi connectivity index (χ0v) is 17.3. The van der Waals surface area contributed by atoms with Crippen molar-refractivity contribution in [2.45, 2.75) is 30.3 Å². The Bertz CT molecular complexity index is 1030. The predicted octanol–water partition coefficient (Wildman–Crippen LogP) is 3.60. The Balaban J connectivity index is 1.54. The fourth-order valence-corrected chi connectivity index (χ4v) is 5.02. The lowest BCUT2D eigenvalue weighted by molar-refractivity contribution is -0.137. The van der Waals surface area contributed by atoms with E-state index in [-0.39, 0.29) is 43.6 Å². The Hall–Kier alpha value is -2.46. The molecular formula is C21H22F4N2O3S. The topological polar surface area (TPSA) is 66.5 Å². The van der Waals surface area contributed by atoms with Crippen LogP contribution < -0.4 is 5.32 Å². The molecule has 0 bridgehead atoms. The molecule has 0 unspecified atom stereocenters. The van der Waals surface area contributed by atoms with Crippen LogP contribution in [0.4, 0.5) is 17.6 Å². The second-order valence-corrected chi connectivity index (χ2v) is 9.31. The monoisotopic (exact) mass is 458 g/mol. The number of carbonyl (C=O) groups is 1. The van der Waals surface area contributed by atoms with Gasteiger partial charge in [-0.2, -0.15) is 17.5 Å². The molecule has 1 N–H and O–H groups in total. The van der Waals surface area contributed by atoms with Crippen LogP contribution in [0.15, 0.2) is 53.4 Å². The number of benzene rings is 2. The van der Waals surface area contributed by atoms with Crippen LogP contribution in [-0.4, -0.2) is 38.3 Å². The van der Waals surface area contributed by atoms with Gasteiger partial charge in [0.25, 0.3) is 0 Å². The van der Waals surface area contributed by atoms with E-state index < -0.39 is 26.7 Å². The molecule has 31 heavy (non-hydrogen) atoms. The maximum absolute atomic E-state index is 13.2. The Morgan fingerprint density at radius 2 is 1.74 bits per heavy atom. The highest BCUT2D eigenvalue weighted by Crippen LogP contribution is 2.32. The molecule has 0 spiro atoms. The van der Waals surface area contributed by atoms with E-state index in [2.05, 4.69) is 5.32 Å². The van der Waals surface area contributed by atoms with Gasteiger partial charge < -0.3 is 5.32 Å². The summed E-state index contributed by atoms with van der Waals surface area (Å²) in [6.45, 7) is 0.409. The second-order valence-electron chi connectivity index (χ2n) is 7.37. The first kappa shape index (κ1) is 23.2. The molecule has 1 heterocycles. The Kier molecular flexibility index (Phi) is 7.00. The number of alkyl halides is 3. The molecule has 2 aromatic carbocycles. The molecule has 168 valence electrons. The molecule has 1 saturated heterocycles. The number of piperidine rings is 1. The van der Waals surface area contributed by atoms with Crippen molar-refractivity contribution < 1.29 is 30.8 Å². The molecule has 1 amide bonds. The van der Waals surface area contributed by atoms with Gasteiger partial charge in [0.1, 0.15) is 5.82 Å². The molecule has 0 saturated carbocycles. The number of hydrogen-bond acceptors (Lipinski definition) is 3. The van der Waals surface area contributed by atoms with Gasteiger partial charge in [-0.15, -0.1) is 0 Å². The van der Waals surface area contributed by atoms with Crippen molar-refractivity contribution in [1.29, 1.82) is 0 Å². The lowest BCUT2D eigenvalue weighted by atomic mass is 9.97. The highest BCUT2D eigenvalue weighted by Gasteiger charge is 2.35. The summed E-state index contributed by atoms with van der Waals surface area (Å²) in [7, 11) is -4.08. The van der Waals surface area contributed by atoms with E-state index >= 15 is 0 Å². The fourth-order valence-electron chi connectivity index (χ4n) is 3.51. The van der Waals surface area contributed by atoms with Gasteiger partial charge in [0.05, 0.1) is 10.5 Å². The Labute approximate surface area is 178 Å². The van der Waals surface area contributed by atoms with Crippen LogP contribution in [0.25, 0.3) is 0 Å². The van der Waals surface area contributed by atoms with Crippen molar-refractivity contribution in [3.8, 4) is 0 Å². The van der Waals surface area contributed by atoms with Crippen molar-refractivity contribution in [2.75, 3.05) is 19.6 Å². The molecule has 1 aliphatic heterocycles. The average molecular weight is 458 g/mol. The van der Waals surface area contributed by atoms with Crippen LogP contribution in [0.3, 0.4) is 0 Å². The molecule has 1 aliphatic rings. The molecule has 10 heteroatoms. The normalized spacial score (nSPS) is 16.3. The highest BCUT2D eigenvalue weighted by molar-refractivity contribution is 7.89. The van der Waals surface area contributed by atoms with Crippen LogP contribution in [0.5, 0.6) is 0 Å². The number of rotatable bonds is 6. The fraction of sp³-hybridized carbons (Fsp3) is 0.381. The summed E-state index contributed by atoms with van der Waals surface area (Å²) >= 11 is 0. The van der Waals surface area contributed by atoms with Crippen LogP contribution in [0, 0.1) is 11.7 Å². The number of hydrogen-bond donors (Lipinski definition) is 1. The smallest absolute Gasteiger partial charge is 0.356 e. The van der Waals surface area contributed by atoms with Gasteiger partial charge in [-0.1, -0.05) is 18.2 Å². The van der Waals surface area contributed by atoms with Gasteiger partial charge in [-0.05, 0) is 55.2 Å². The molecule has 3 rings (SSSR count). The maximum atomic E-state index is 13.2. The lowest BCUT2D eigenvalue weighted by Crippen LogP contribution is -2.43. The molecule has 0 radical (unpaired) electrons. The summed E-state index contributed by atoms with van der Waals surface area (Å²) in [4.78, 5) is 11.9. The minimum Gasteiger partial charge on any atom is -0.356 e. The van der Waals surface area contributed by atoms with Crippen molar-refractivity contribution in [2.24, 2.45) is 5.92 Å². The van der Waals surface area contributed by atoms with Crippen molar-refractivity contribution in [1.82, 2.24) is 9.62 Å². The lowest BCUT2D eigenvalue weighted by Gasteiger charge is -2.30. The van der Waals surface area contributed by atoms with Crippen LogP contribution >= 0.6 is 0 Å². The van der Waals surface area contributed by atoms with E-state index in [9.17, 15) is 30.8 Å². The summed E-state index contributed by atoms with van der Waals surface area (Å²) in [6.07, 6.45) is -3.64. The maximum Gasteiger partial charge on any atom is 0.416 e. The minimum absolute atomic E-state index is 0.0422. The first-order chi connectivity index (χ1) is 14.6. The van der Waals surface area contributed by atoms with E-state index in [0.29, 0.717) is 19.0 Å². The van der Waals surface area contributed by atoms with Gasteiger partial charge in [0, 0.05) is 25.6 Å². The molecule has 0 aromatic heterocycles. The standard InChI is InChI=1S/C21H22F4N2O3S/c22-18-5-1-3-15(13-18)7-10-26-20(28)16-8-11-27(12-9-16)31(29,30)19-6-2-4-17(14-19)21(23,24)25/h1-6,13-14,16H,7-12H2,(H,26,28). The summed E-state index contributed by atoms with van der Waals surface area (Å²) in [5.74, 6) is -0.953. The largest absolute Gasteiger partial charge is 0.416 e. The summed E-state index contributed by atoms with van der Waals surface area (Å²) in [5, 5.41) is 2.78. The summed E-state index contributed by atoms with van der Waals surface area (Å²) in [5.41, 5.74) is -0.275. The molecular weight excluding hydrogens is 436 g/mol.